The fourth-order valence-corrected chi connectivity index (χ4v) is 3.66. The molecule has 1 aliphatic carbocycles. The minimum absolute atomic E-state index is 0.0755. The van der Waals surface area contributed by atoms with Gasteiger partial charge < -0.3 is 5.43 Å². The first-order valence-electron chi connectivity index (χ1n) is 8.14. The van der Waals surface area contributed by atoms with Gasteiger partial charge in [-0.1, -0.05) is 58.9 Å². The summed E-state index contributed by atoms with van der Waals surface area (Å²) in [4.78, 5) is 12.6. The SMILES string of the molecule is CC1(C)CC(=O)[C@@H]2C(c3ccc(C(C)(C)C)cc3)=NN[C@H]2C1. The first-order valence-corrected chi connectivity index (χ1v) is 8.14. The Bertz CT molecular complexity index is 620. The summed E-state index contributed by atoms with van der Waals surface area (Å²) in [7, 11) is 0. The number of benzene rings is 1. The lowest BCUT2D eigenvalue weighted by Gasteiger charge is -2.36. The van der Waals surface area contributed by atoms with Crippen LogP contribution in [0.3, 0.4) is 0 Å². The number of Topliss-reactive ketones (excluding diaryl/α,β-unsaturated/α-hetero) is 1. The van der Waals surface area contributed by atoms with Gasteiger partial charge in [-0.15, -0.1) is 0 Å². The second kappa shape index (κ2) is 4.94. The molecule has 0 bridgehead atoms. The van der Waals surface area contributed by atoms with Gasteiger partial charge in [-0.25, -0.2) is 0 Å². The predicted octanol–water partition coefficient (Wildman–Crippen LogP) is 3.67. The zero-order chi connectivity index (χ0) is 16.1. The van der Waals surface area contributed by atoms with Gasteiger partial charge in [-0.05, 0) is 28.4 Å². The Morgan fingerprint density at radius 2 is 1.82 bits per heavy atom. The van der Waals surface area contributed by atoms with Crippen LogP contribution in [-0.2, 0) is 10.2 Å². The molecule has 3 rings (SSSR count). The molecule has 1 heterocycles. The number of hydrogen-bond donors (Lipinski definition) is 1. The first-order chi connectivity index (χ1) is 10.2. The minimum atomic E-state index is -0.0755. The molecule has 0 radical (unpaired) electrons. The van der Waals surface area contributed by atoms with Crippen LogP contribution < -0.4 is 5.43 Å². The van der Waals surface area contributed by atoms with Crippen LogP contribution in [0.25, 0.3) is 0 Å². The number of ketones is 1. The van der Waals surface area contributed by atoms with Crippen molar-refractivity contribution in [2.45, 2.75) is 58.9 Å². The number of fused-ring (bicyclic) bond motifs is 1. The molecular formula is C19H26N2O. The lowest BCUT2D eigenvalue weighted by atomic mass is 9.68. The van der Waals surface area contributed by atoms with Crippen molar-refractivity contribution in [3.05, 3.63) is 35.4 Å². The van der Waals surface area contributed by atoms with E-state index in [0.717, 1.165) is 17.7 Å². The van der Waals surface area contributed by atoms with Crippen molar-refractivity contribution in [2.75, 3.05) is 0 Å². The molecule has 1 aliphatic heterocycles. The van der Waals surface area contributed by atoms with E-state index in [9.17, 15) is 4.79 Å². The van der Waals surface area contributed by atoms with E-state index < -0.39 is 0 Å². The van der Waals surface area contributed by atoms with Gasteiger partial charge in [0.05, 0.1) is 17.7 Å². The van der Waals surface area contributed by atoms with E-state index in [2.05, 4.69) is 69.4 Å². The second-order valence-corrected chi connectivity index (χ2v) is 8.55. The van der Waals surface area contributed by atoms with E-state index in [4.69, 9.17) is 0 Å². The highest BCUT2D eigenvalue weighted by molar-refractivity contribution is 6.15. The highest BCUT2D eigenvalue weighted by Crippen LogP contribution is 2.39. The summed E-state index contributed by atoms with van der Waals surface area (Å²) in [6, 6.07) is 8.69. The van der Waals surface area contributed by atoms with Crippen molar-refractivity contribution < 1.29 is 4.79 Å². The van der Waals surface area contributed by atoms with E-state index in [-0.39, 0.29) is 22.8 Å². The summed E-state index contributed by atoms with van der Waals surface area (Å²) >= 11 is 0. The number of carbonyl (C=O) groups is 1. The Kier molecular flexibility index (Phi) is 3.42. The summed E-state index contributed by atoms with van der Waals surface area (Å²) in [6.07, 6.45) is 1.64. The number of nitrogens with zero attached hydrogens (tertiary/aromatic N) is 1. The average molecular weight is 298 g/mol. The van der Waals surface area contributed by atoms with Gasteiger partial charge in [-0.3, -0.25) is 4.79 Å². The molecule has 0 saturated heterocycles. The summed E-state index contributed by atoms with van der Waals surface area (Å²) in [5.41, 5.74) is 6.72. The van der Waals surface area contributed by atoms with Crippen LogP contribution in [0.5, 0.6) is 0 Å². The number of rotatable bonds is 1. The van der Waals surface area contributed by atoms with Gasteiger partial charge in [0.25, 0.3) is 0 Å². The normalized spacial score (nSPS) is 27.1. The zero-order valence-corrected chi connectivity index (χ0v) is 14.2. The molecule has 0 aromatic heterocycles. The third kappa shape index (κ3) is 2.69. The fraction of sp³-hybridized carbons (Fsp3) is 0.579. The van der Waals surface area contributed by atoms with Crippen LogP contribution in [0, 0.1) is 11.3 Å². The van der Waals surface area contributed by atoms with E-state index in [1.165, 1.54) is 5.56 Å². The molecule has 0 spiro atoms. The molecule has 3 nitrogen and oxygen atoms in total. The van der Waals surface area contributed by atoms with Crippen molar-refractivity contribution in [1.82, 2.24) is 5.43 Å². The molecule has 1 fully saturated rings. The van der Waals surface area contributed by atoms with Crippen molar-refractivity contribution >= 4 is 11.5 Å². The Balaban J connectivity index is 1.86. The highest BCUT2D eigenvalue weighted by atomic mass is 16.1. The molecule has 1 aromatic rings. The van der Waals surface area contributed by atoms with Crippen molar-refractivity contribution in [2.24, 2.45) is 16.4 Å². The summed E-state index contributed by atoms with van der Waals surface area (Å²) in [5, 5.41) is 4.50. The van der Waals surface area contributed by atoms with Gasteiger partial charge in [0.1, 0.15) is 5.78 Å². The van der Waals surface area contributed by atoms with E-state index in [1.54, 1.807) is 0 Å². The molecule has 2 atom stereocenters. The first kappa shape index (κ1) is 15.3. The topological polar surface area (TPSA) is 41.5 Å². The number of carbonyl (C=O) groups excluding carboxylic acids is 1. The van der Waals surface area contributed by atoms with Gasteiger partial charge in [0, 0.05) is 6.42 Å². The van der Waals surface area contributed by atoms with Gasteiger partial charge in [-0.2, -0.15) is 5.10 Å². The molecule has 3 heteroatoms. The van der Waals surface area contributed by atoms with Crippen LogP contribution in [0.1, 0.15) is 58.6 Å². The third-order valence-corrected chi connectivity index (χ3v) is 4.87. The highest BCUT2D eigenvalue weighted by Gasteiger charge is 2.46. The number of hydrazone groups is 1. The largest absolute Gasteiger partial charge is 0.306 e. The molecule has 0 unspecified atom stereocenters. The average Bonchev–Trinajstić information content (AvgIpc) is 2.80. The summed E-state index contributed by atoms with van der Waals surface area (Å²) in [5.74, 6) is 0.249. The molecule has 1 saturated carbocycles. The maximum absolute atomic E-state index is 12.6. The molecule has 2 aliphatic rings. The summed E-state index contributed by atoms with van der Waals surface area (Å²) in [6.45, 7) is 11.0. The minimum Gasteiger partial charge on any atom is -0.306 e. The van der Waals surface area contributed by atoms with Gasteiger partial charge in [0.2, 0.25) is 0 Å². The van der Waals surface area contributed by atoms with Crippen LogP contribution >= 0.6 is 0 Å². The molecule has 118 valence electrons. The van der Waals surface area contributed by atoms with Gasteiger partial charge in [0.15, 0.2) is 0 Å². The Morgan fingerprint density at radius 1 is 1.18 bits per heavy atom. The maximum Gasteiger partial charge on any atom is 0.144 e. The van der Waals surface area contributed by atoms with Gasteiger partial charge >= 0.3 is 0 Å². The lowest BCUT2D eigenvalue weighted by Crippen LogP contribution is -2.45. The Hall–Kier alpha value is -1.64. The summed E-state index contributed by atoms with van der Waals surface area (Å²) < 4.78 is 0. The monoisotopic (exact) mass is 298 g/mol. The van der Waals surface area contributed by atoms with Crippen molar-refractivity contribution in [1.29, 1.82) is 0 Å². The third-order valence-electron chi connectivity index (χ3n) is 4.87. The predicted molar refractivity (Wildman–Crippen MR) is 90.1 cm³/mol. The molecule has 0 amide bonds. The molecule has 22 heavy (non-hydrogen) atoms. The zero-order valence-electron chi connectivity index (χ0n) is 14.2. The lowest BCUT2D eigenvalue weighted by molar-refractivity contribution is -0.126. The smallest absolute Gasteiger partial charge is 0.144 e. The van der Waals surface area contributed by atoms with Crippen molar-refractivity contribution in [3.63, 3.8) is 0 Å². The van der Waals surface area contributed by atoms with Crippen molar-refractivity contribution in [3.8, 4) is 0 Å². The fourth-order valence-electron chi connectivity index (χ4n) is 3.66. The molecule has 1 N–H and O–H groups in total. The maximum atomic E-state index is 12.6. The van der Waals surface area contributed by atoms with Crippen LogP contribution in [0.2, 0.25) is 0 Å². The van der Waals surface area contributed by atoms with Crippen LogP contribution in [0.4, 0.5) is 0 Å². The van der Waals surface area contributed by atoms with Crippen LogP contribution in [0.15, 0.2) is 29.4 Å². The number of hydrogen-bond acceptors (Lipinski definition) is 3. The van der Waals surface area contributed by atoms with E-state index >= 15 is 0 Å². The van der Waals surface area contributed by atoms with Crippen LogP contribution in [-0.4, -0.2) is 17.5 Å². The number of nitrogens with one attached hydrogen (secondary N) is 1. The molecule has 1 aromatic carbocycles. The second-order valence-electron chi connectivity index (χ2n) is 8.55. The Morgan fingerprint density at radius 3 is 2.41 bits per heavy atom. The molecular weight excluding hydrogens is 272 g/mol. The van der Waals surface area contributed by atoms with E-state index in [0.29, 0.717) is 12.2 Å². The quantitative estimate of drug-likeness (QED) is 0.859. The Labute approximate surface area is 133 Å². The van der Waals surface area contributed by atoms with E-state index in [1.807, 2.05) is 0 Å². The standard InChI is InChI=1S/C19H26N2O/c1-18(2,3)13-8-6-12(7-9-13)17-16-14(20-21-17)10-19(4,5)11-15(16)22/h6-9,14,16,20H,10-11H2,1-5H3/t14-,16+/m0/s1.